The molecular formula is C15H23N3O2. The van der Waals surface area contributed by atoms with Crippen molar-refractivity contribution in [1.82, 2.24) is 9.80 Å². The largest absolute Gasteiger partial charge is 0.398 e. The van der Waals surface area contributed by atoms with E-state index in [1.54, 1.807) is 18.0 Å². The van der Waals surface area contributed by atoms with E-state index >= 15 is 0 Å². The summed E-state index contributed by atoms with van der Waals surface area (Å²) in [6, 6.07) is 5.34. The molecule has 1 aromatic rings. The van der Waals surface area contributed by atoms with Gasteiger partial charge in [0.1, 0.15) is 0 Å². The van der Waals surface area contributed by atoms with Crippen LogP contribution in [-0.2, 0) is 4.79 Å². The first-order chi connectivity index (χ1) is 9.42. The number of aryl methyl sites for hydroxylation is 1. The standard InChI is InChI=1S/C15H23N3O2/c1-5-18(6-2)13(19)10-17(4)15(20)14-11(3)8-7-9-12(14)16/h7-9H,5-6,10,16H2,1-4H3. The van der Waals surface area contributed by atoms with Crippen LogP contribution in [0.2, 0.25) is 0 Å². The van der Waals surface area contributed by atoms with Gasteiger partial charge in [-0.2, -0.15) is 0 Å². The quantitative estimate of drug-likeness (QED) is 0.830. The van der Waals surface area contributed by atoms with E-state index in [1.807, 2.05) is 32.9 Å². The Labute approximate surface area is 120 Å². The lowest BCUT2D eigenvalue weighted by molar-refractivity contribution is -0.131. The fourth-order valence-electron chi connectivity index (χ4n) is 2.12. The van der Waals surface area contributed by atoms with Crippen molar-refractivity contribution in [2.24, 2.45) is 0 Å². The van der Waals surface area contributed by atoms with Crippen LogP contribution < -0.4 is 5.73 Å². The number of carbonyl (C=O) groups is 2. The smallest absolute Gasteiger partial charge is 0.256 e. The highest BCUT2D eigenvalue weighted by Crippen LogP contribution is 2.18. The van der Waals surface area contributed by atoms with E-state index in [9.17, 15) is 9.59 Å². The van der Waals surface area contributed by atoms with E-state index in [0.717, 1.165) is 5.56 Å². The number of anilines is 1. The molecule has 0 saturated carbocycles. The van der Waals surface area contributed by atoms with Crippen LogP contribution >= 0.6 is 0 Å². The summed E-state index contributed by atoms with van der Waals surface area (Å²) in [7, 11) is 1.62. The molecule has 0 aliphatic carbocycles. The molecule has 0 radical (unpaired) electrons. The molecule has 0 spiro atoms. The maximum absolute atomic E-state index is 12.4. The molecule has 0 saturated heterocycles. The molecule has 0 aliphatic rings. The molecule has 2 N–H and O–H groups in total. The SMILES string of the molecule is CCN(CC)C(=O)CN(C)C(=O)c1c(C)cccc1N. The fourth-order valence-corrected chi connectivity index (χ4v) is 2.12. The molecule has 1 rings (SSSR count). The number of carbonyl (C=O) groups excluding carboxylic acids is 2. The molecular weight excluding hydrogens is 254 g/mol. The van der Waals surface area contributed by atoms with Crippen molar-refractivity contribution < 1.29 is 9.59 Å². The Morgan fingerprint density at radius 3 is 2.30 bits per heavy atom. The second-order valence-electron chi connectivity index (χ2n) is 4.77. The summed E-state index contributed by atoms with van der Waals surface area (Å²) in [6.07, 6.45) is 0. The van der Waals surface area contributed by atoms with Gasteiger partial charge in [0.15, 0.2) is 0 Å². The van der Waals surface area contributed by atoms with Crippen LogP contribution in [-0.4, -0.2) is 48.3 Å². The molecule has 0 aliphatic heterocycles. The monoisotopic (exact) mass is 277 g/mol. The molecule has 0 unspecified atom stereocenters. The molecule has 5 nitrogen and oxygen atoms in total. The average molecular weight is 277 g/mol. The van der Waals surface area contributed by atoms with Gasteiger partial charge in [-0.25, -0.2) is 0 Å². The van der Waals surface area contributed by atoms with Crippen molar-refractivity contribution in [1.29, 1.82) is 0 Å². The van der Waals surface area contributed by atoms with Crippen molar-refractivity contribution in [2.75, 3.05) is 32.4 Å². The Bertz CT molecular complexity index is 476. The highest BCUT2D eigenvalue weighted by atomic mass is 16.2. The number of rotatable bonds is 5. The highest BCUT2D eigenvalue weighted by molar-refractivity contribution is 6.01. The van der Waals surface area contributed by atoms with Gasteiger partial charge in [-0.15, -0.1) is 0 Å². The lowest BCUT2D eigenvalue weighted by Gasteiger charge is -2.24. The van der Waals surface area contributed by atoms with Crippen LogP contribution in [0.5, 0.6) is 0 Å². The van der Waals surface area contributed by atoms with Crippen LogP contribution in [0.3, 0.4) is 0 Å². The molecule has 5 heteroatoms. The number of hydrogen-bond acceptors (Lipinski definition) is 3. The van der Waals surface area contributed by atoms with Gasteiger partial charge in [0.05, 0.1) is 12.1 Å². The van der Waals surface area contributed by atoms with Crippen molar-refractivity contribution in [3.8, 4) is 0 Å². The summed E-state index contributed by atoms with van der Waals surface area (Å²) >= 11 is 0. The Balaban J connectivity index is 2.85. The minimum Gasteiger partial charge on any atom is -0.398 e. The van der Waals surface area contributed by atoms with Gasteiger partial charge < -0.3 is 15.5 Å². The third-order valence-electron chi connectivity index (χ3n) is 3.35. The number of amides is 2. The van der Waals surface area contributed by atoms with E-state index in [-0.39, 0.29) is 18.4 Å². The molecule has 0 fully saturated rings. The van der Waals surface area contributed by atoms with Crippen LogP contribution in [0.1, 0.15) is 29.8 Å². The minimum absolute atomic E-state index is 0.0574. The number of nitrogen functional groups attached to an aromatic ring is 1. The average Bonchev–Trinajstić information content (AvgIpc) is 2.39. The zero-order valence-corrected chi connectivity index (χ0v) is 12.6. The van der Waals surface area contributed by atoms with Crippen molar-refractivity contribution in [3.63, 3.8) is 0 Å². The number of nitrogens with two attached hydrogens (primary N) is 1. The topological polar surface area (TPSA) is 66.6 Å². The summed E-state index contributed by atoms with van der Waals surface area (Å²) < 4.78 is 0. The van der Waals surface area contributed by atoms with Crippen LogP contribution in [0, 0.1) is 6.92 Å². The molecule has 110 valence electrons. The van der Waals surface area contributed by atoms with Crippen molar-refractivity contribution in [3.05, 3.63) is 29.3 Å². The number of hydrogen-bond donors (Lipinski definition) is 1. The maximum Gasteiger partial charge on any atom is 0.256 e. The Morgan fingerprint density at radius 2 is 1.80 bits per heavy atom. The summed E-state index contributed by atoms with van der Waals surface area (Å²) in [5.74, 6) is -0.279. The van der Waals surface area contributed by atoms with Gasteiger partial charge in [-0.3, -0.25) is 9.59 Å². The number of nitrogens with zero attached hydrogens (tertiary/aromatic N) is 2. The molecule has 1 aromatic carbocycles. The lowest BCUT2D eigenvalue weighted by atomic mass is 10.1. The minimum atomic E-state index is -0.221. The van der Waals surface area contributed by atoms with E-state index in [0.29, 0.717) is 24.3 Å². The summed E-state index contributed by atoms with van der Waals surface area (Å²) in [4.78, 5) is 27.5. The van der Waals surface area contributed by atoms with Gasteiger partial charge in [-0.05, 0) is 32.4 Å². The predicted octanol–water partition coefficient (Wildman–Crippen LogP) is 1.52. The Kier molecular flexibility index (Phi) is 5.55. The van der Waals surface area contributed by atoms with Crippen molar-refractivity contribution in [2.45, 2.75) is 20.8 Å². The van der Waals surface area contributed by atoms with Gasteiger partial charge in [0.2, 0.25) is 5.91 Å². The zero-order chi connectivity index (χ0) is 15.3. The summed E-state index contributed by atoms with van der Waals surface area (Å²) in [5.41, 5.74) is 7.59. The molecule has 0 heterocycles. The number of benzene rings is 1. The number of likely N-dealkylation sites (N-methyl/N-ethyl adjacent to an activating group) is 2. The fraction of sp³-hybridized carbons (Fsp3) is 0.467. The third-order valence-corrected chi connectivity index (χ3v) is 3.35. The summed E-state index contributed by atoms with van der Waals surface area (Å²) in [6.45, 7) is 7.02. The van der Waals surface area contributed by atoms with Gasteiger partial charge >= 0.3 is 0 Å². The predicted molar refractivity (Wildman–Crippen MR) is 80.5 cm³/mol. The van der Waals surface area contributed by atoms with E-state index < -0.39 is 0 Å². The second-order valence-corrected chi connectivity index (χ2v) is 4.77. The van der Waals surface area contributed by atoms with Crippen LogP contribution in [0.15, 0.2) is 18.2 Å². The van der Waals surface area contributed by atoms with E-state index in [1.165, 1.54) is 4.90 Å². The van der Waals surface area contributed by atoms with Crippen LogP contribution in [0.25, 0.3) is 0 Å². The molecule has 20 heavy (non-hydrogen) atoms. The summed E-state index contributed by atoms with van der Waals surface area (Å²) in [5, 5.41) is 0. The first-order valence-electron chi connectivity index (χ1n) is 6.80. The van der Waals surface area contributed by atoms with E-state index in [4.69, 9.17) is 5.73 Å². The second kappa shape index (κ2) is 6.93. The van der Waals surface area contributed by atoms with Gasteiger partial charge in [-0.1, -0.05) is 12.1 Å². The molecule has 2 amide bonds. The molecule has 0 aromatic heterocycles. The molecule has 0 bridgehead atoms. The third kappa shape index (κ3) is 3.50. The Morgan fingerprint density at radius 1 is 1.20 bits per heavy atom. The van der Waals surface area contributed by atoms with Gasteiger partial charge in [0.25, 0.3) is 5.91 Å². The maximum atomic E-state index is 12.4. The first kappa shape index (κ1) is 16.0. The normalized spacial score (nSPS) is 10.2. The Hall–Kier alpha value is -2.04. The van der Waals surface area contributed by atoms with Crippen LogP contribution in [0.4, 0.5) is 5.69 Å². The van der Waals surface area contributed by atoms with Crippen molar-refractivity contribution >= 4 is 17.5 Å². The zero-order valence-electron chi connectivity index (χ0n) is 12.6. The van der Waals surface area contributed by atoms with Gasteiger partial charge in [0, 0.05) is 25.8 Å². The lowest BCUT2D eigenvalue weighted by Crippen LogP contribution is -2.41. The first-order valence-corrected chi connectivity index (χ1v) is 6.80. The molecule has 0 atom stereocenters. The van der Waals surface area contributed by atoms with E-state index in [2.05, 4.69) is 0 Å². The highest BCUT2D eigenvalue weighted by Gasteiger charge is 2.20.